The molecule has 0 saturated heterocycles. The summed E-state index contributed by atoms with van der Waals surface area (Å²) in [5.74, 6) is -0.236. The van der Waals surface area contributed by atoms with Crippen molar-refractivity contribution in [3.8, 4) is 0 Å². The quantitative estimate of drug-likeness (QED) is 0.849. The van der Waals surface area contributed by atoms with E-state index in [0.29, 0.717) is 11.7 Å². The SMILES string of the molecule is C[C@H](NC(=S)NCc1ccc(F)cc1)c1cccnc1. The zero-order valence-electron chi connectivity index (χ0n) is 11.1. The van der Waals surface area contributed by atoms with Crippen molar-refractivity contribution >= 4 is 17.3 Å². The Bertz CT molecular complexity index is 557. The standard InChI is InChI=1S/C15H16FN3S/c1-11(13-3-2-8-17-10-13)19-15(20)18-9-12-4-6-14(16)7-5-12/h2-8,10-11H,9H2,1H3,(H2,18,19,20)/t11-/m0/s1. The van der Waals surface area contributed by atoms with E-state index in [2.05, 4.69) is 15.6 Å². The summed E-state index contributed by atoms with van der Waals surface area (Å²) >= 11 is 5.24. The summed E-state index contributed by atoms with van der Waals surface area (Å²) in [4.78, 5) is 4.08. The zero-order chi connectivity index (χ0) is 14.4. The maximum absolute atomic E-state index is 12.8. The Balaban J connectivity index is 1.82. The van der Waals surface area contributed by atoms with Crippen molar-refractivity contribution in [1.29, 1.82) is 0 Å². The highest BCUT2D eigenvalue weighted by Crippen LogP contribution is 2.09. The van der Waals surface area contributed by atoms with Crippen molar-refractivity contribution in [3.63, 3.8) is 0 Å². The molecule has 0 radical (unpaired) electrons. The summed E-state index contributed by atoms with van der Waals surface area (Å²) in [7, 11) is 0. The number of pyridine rings is 1. The molecule has 0 amide bonds. The van der Waals surface area contributed by atoms with Gasteiger partial charge in [0.15, 0.2) is 5.11 Å². The number of benzene rings is 1. The molecule has 2 rings (SSSR count). The molecule has 0 spiro atoms. The number of thiocarbonyl (C=S) groups is 1. The van der Waals surface area contributed by atoms with E-state index < -0.39 is 0 Å². The number of halogens is 1. The number of rotatable bonds is 4. The molecule has 1 aromatic carbocycles. The van der Waals surface area contributed by atoms with Gasteiger partial charge in [0, 0.05) is 18.9 Å². The Morgan fingerprint density at radius 2 is 2.05 bits per heavy atom. The number of aromatic nitrogens is 1. The molecule has 0 aliphatic rings. The Morgan fingerprint density at radius 1 is 1.30 bits per heavy atom. The molecule has 2 aromatic rings. The molecule has 2 N–H and O–H groups in total. The first-order chi connectivity index (χ1) is 9.65. The number of nitrogens with one attached hydrogen (secondary N) is 2. The molecule has 0 fully saturated rings. The van der Waals surface area contributed by atoms with E-state index in [9.17, 15) is 4.39 Å². The van der Waals surface area contributed by atoms with Crippen molar-refractivity contribution in [2.24, 2.45) is 0 Å². The fraction of sp³-hybridized carbons (Fsp3) is 0.200. The van der Waals surface area contributed by atoms with Crippen LogP contribution in [-0.4, -0.2) is 10.1 Å². The first kappa shape index (κ1) is 14.4. The van der Waals surface area contributed by atoms with Gasteiger partial charge in [-0.1, -0.05) is 18.2 Å². The Morgan fingerprint density at radius 3 is 2.70 bits per heavy atom. The molecule has 1 atom stereocenters. The molecule has 0 bridgehead atoms. The summed E-state index contributed by atoms with van der Waals surface area (Å²) < 4.78 is 12.8. The van der Waals surface area contributed by atoms with Crippen molar-refractivity contribution in [3.05, 3.63) is 65.7 Å². The van der Waals surface area contributed by atoms with Crippen molar-refractivity contribution in [2.75, 3.05) is 0 Å². The van der Waals surface area contributed by atoms with Gasteiger partial charge in [0.25, 0.3) is 0 Å². The predicted molar refractivity (Wildman–Crippen MR) is 81.6 cm³/mol. The fourth-order valence-corrected chi connectivity index (χ4v) is 2.00. The average molecular weight is 289 g/mol. The smallest absolute Gasteiger partial charge is 0.167 e. The first-order valence-corrected chi connectivity index (χ1v) is 6.74. The topological polar surface area (TPSA) is 37.0 Å². The number of hydrogen-bond donors (Lipinski definition) is 2. The predicted octanol–water partition coefficient (Wildman–Crippen LogP) is 2.95. The lowest BCUT2D eigenvalue weighted by atomic mass is 10.1. The van der Waals surface area contributed by atoms with Crippen LogP contribution in [0.1, 0.15) is 24.1 Å². The van der Waals surface area contributed by atoms with Crippen LogP contribution in [0.3, 0.4) is 0 Å². The minimum atomic E-state index is -0.236. The monoisotopic (exact) mass is 289 g/mol. The largest absolute Gasteiger partial charge is 0.359 e. The molecule has 0 aliphatic heterocycles. The van der Waals surface area contributed by atoms with E-state index in [1.807, 2.05) is 19.1 Å². The summed E-state index contributed by atoms with van der Waals surface area (Å²) in [6.07, 6.45) is 3.54. The molecule has 1 aromatic heterocycles. The third-order valence-corrected chi connectivity index (χ3v) is 3.16. The van der Waals surface area contributed by atoms with Gasteiger partial charge in [-0.25, -0.2) is 4.39 Å². The molecule has 1 heterocycles. The summed E-state index contributed by atoms with van der Waals surface area (Å²) in [6, 6.07) is 10.3. The molecule has 5 heteroatoms. The van der Waals surface area contributed by atoms with Crippen molar-refractivity contribution in [2.45, 2.75) is 19.5 Å². The van der Waals surface area contributed by atoms with Crippen LogP contribution in [0.5, 0.6) is 0 Å². The lowest BCUT2D eigenvalue weighted by molar-refractivity contribution is 0.626. The summed E-state index contributed by atoms with van der Waals surface area (Å²) in [6.45, 7) is 2.58. The van der Waals surface area contributed by atoms with Crippen LogP contribution in [-0.2, 0) is 6.54 Å². The van der Waals surface area contributed by atoms with Gasteiger partial charge in [0.1, 0.15) is 5.82 Å². The maximum atomic E-state index is 12.8. The van der Waals surface area contributed by atoms with Gasteiger partial charge in [0.05, 0.1) is 6.04 Å². The zero-order valence-corrected chi connectivity index (χ0v) is 12.0. The van der Waals surface area contributed by atoms with E-state index in [1.54, 1.807) is 24.5 Å². The Labute approximate surface area is 123 Å². The van der Waals surface area contributed by atoms with Gasteiger partial charge in [-0.15, -0.1) is 0 Å². The number of nitrogens with zero attached hydrogens (tertiary/aromatic N) is 1. The van der Waals surface area contributed by atoms with Gasteiger partial charge < -0.3 is 10.6 Å². The lowest BCUT2D eigenvalue weighted by Crippen LogP contribution is -2.36. The average Bonchev–Trinajstić information content (AvgIpc) is 2.47. The second kappa shape index (κ2) is 6.96. The van der Waals surface area contributed by atoms with Gasteiger partial charge in [0.2, 0.25) is 0 Å². The Kier molecular flexibility index (Phi) is 5.01. The number of hydrogen-bond acceptors (Lipinski definition) is 2. The summed E-state index contributed by atoms with van der Waals surface area (Å²) in [5.41, 5.74) is 2.04. The highest BCUT2D eigenvalue weighted by Gasteiger charge is 2.06. The normalized spacial score (nSPS) is 11.7. The second-order valence-electron chi connectivity index (χ2n) is 4.46. The van der Waals surface area contributed by atoms with Crippen LogP contribution in [0.25, 0.3) is 0 Å². The van der Waals surface area contributed by atoms with Crippen LogP contribution >= 0.6 is 12.2 Å². The van der Waals surface area contributed by atoms with Gasteiger partial charge >= 0.3 is 0 Å². The van der Waals surface area contributed by atoms with Gasteiger partial charge in [-0.05, 0) is 48.5 Å². The van der Waals surface area contributed by atoms with E-state index in [1.165, 1.54) is 12.1 Å². The highest BCUT2D eigenvalue weighted by molar-refractivity contribution is 7.80. The van der Waals surface area contributed by atoms with Gasteiger partial charge in [-0.3, -0.25) is 4.98 Å². The van der Waals surface area contributed by atoms with Crippen molar-refractivity contribution in [1.82, 2.24) is 15.6 Å². The third-order valence-electron chi connectivity index (χ3n) is 2.90. The molecular weight excluding hydrogens is 273 g/mol. The van der Waals surface area contributed by atoms with Crippen LogP contribution in [0.15, 0.2) is 48.8 Å². The molecule has 104 valence electrons. The van der Waals surface area contributed by atoms with Crippen LogP contribution < -0.4 is 10.6 Å². The Hall–Kier alpha value is -2.01. The third kappa shape index (κ3) is 4.28. The maximum Gasteiger partial charge on any atom is 0.167 e. The molecule has 20 heavy (non-hydrogen) atoms. The first-order valence-electron chi connectivity index (χ1n) is 6.34. The van der Waals surface area contributed by atoms with Crippen LogP contribution in [0.2, 0.25) is 0 Å². The van der Waals surface area contributed by atoms with E-state index in [4.69, 9.17) is 12.2 Å². The summed E-state index contributed by atoms with van der Waals surface area (Å²) in [5, 5.41) is 6.84. The van der Waals surface area contributed by atoms with E-state index in [0.717, 1.165) is 11.1 Å². The van der Waals surface area contributed by atoms with E-state index in [-0.39, 0.29) is 11.9 Å². The molecular formula is C15H16FN3S. The van der Waals surface area contributed by atoms with E-state index >= 15 is 0 Å². The van der Waals surface area contributed by atoms with Crippen LogP contribution in [0.4, 0.5) is 4.39 Å². The van der Waals surface area contributed by atoms with Crippen LogP contribution in [0, 0.1) is 5.82 Å². The minimum absolute atomic E-state index is 0.0805. The second-order valence-corrected chi connectivity index (χ2v) is 4.87. The molecule has 0 unspecified atom stereocenters. The lowest BCUT2D eigenvalue weighted by Gasteiger charge is -2.17. The van der Waals surface area contributed by atoms with Crippen molar-refractivity contribution < 1.29 is 4.39 Å². The highest BCUT2D eigenvalue weighted by atomic mass is 32.1. The minimum Gasteiger partial charge on any atom is -0.359 e. The molecule has 0 saturated carbocycles. The molecule has 3 nitrogen and oxygen atoms in total. The fourth-order valence-electron chi connectivity index (χ4n) is 1.75. The van der Waals surface area contributed by atoms with Gasteiger partial charge in [-0.2, -0.15) is 0 Å². The molecule has 0 aliphatic carbocycles.